The Morgan fingerprint density at radius 3 is 1.28 bits per heavy atom. The monoisotopic (exact) mass is 777 g/mol. The van der Waals surface area contributed by atoms with Crippen LogP contribution < -0.4 is 0 Å². The molecule has 61 heavy (non-hydrogen) atoms. The first kappa shape index (κ1) is 35.7. The third kappa shape index (κ3) is 6.59. The van der Waals surface area contributed by atoms with Gasteiger partial charge in [-0.3, -0.25) is 0 Å². The van der Waals surface area contributed by atoms with Gasteiger partial charge in [-0.1, -0.05) is 182 Å². The average molecular weight is 778 g/mol. The molecule has 0 bridgehead atoms. The molecule has 11 rings (SSSR count). The Labute approximate surface area is 353 Å². The van der Waals surface area contributed by atoms with Crippen molar-refractivity contribution in [3.05, 3.63) is 224 Å². The summed E-state index contributed by atoms with van der Waals surface area (Å²) in [5.74, 6) is 1.83. The van der Waals surface area contributed by atoms with Gasteiger partial charge < -0.3 is 4.57 Å². The lowest BCUT2D eigenvalue weighted by atomic mass is 10.0. The average Bonchev–Trinajstić information content (AvgIpc) is 3.67. The third-order valence-corrected chi connectivity index (χ3v) is 11.5. The van der Waals surface area contributed by atoms with Crippen LogP contribution in [0.5, 0.6) is 0 Å². The Morgan fingerprint density at radius 1 is 0.328 bits per heavy atom. The van der Waals surface area contributed by atoms with Crippen molar-refractivity contribution in [3.63, 3.8) is 0 Å². The van der Waals surface area contributed by atoms with Gasteiger partial charge in [0.25, 0.3) is 0 Å². The van der Waals surface area contributed by atoms with E-state index in [1.807, 2.05) is 24.3 Å². The van der Waals surface area contributed by atoms with E-state index in [0.717, 1.165) is 77.6 Å². The second kappa shape index (κ2) is 15.0. The highest BCUT2D eigenvalue weighted by Crippen LogP contribution is 2.39. The zero-order valence-electron chi connectivity index (χ0n) is 32.9. The van der Waals surface area contributed by atoms with Crippen LogP contribution in [-0.4, -0.2) is 19.5 Å². The standard InChI is InChI=1S/C56H35N5/c1-57-47-32-34-53-50(36-47)49-35-46(31-33-52(49)61(53)51-18-10-16-42-15-8-9-17-48(42)51)41-23-29-45(30-24-41)56-59-54(43-25-19-39(20-26-43)37-11-4-2-5-12-37)58-55(60-56)44-27-21-40(22-28-44)38-13-6-3-7-14-38/h2-36H. The van der Waals surface area contributed by atoms with E-state index >= 15 is 0 Å². The van der Waals surface area contributed by atoms with Crippen LogP contribution in [0.1, 0.15) is 0 Å². The van der Waals surface area contributed by atoms with Crippen LogP contribution in [0.2, 0.25) is 0 Å². The van der Waals surface area contributed by atoms with Crippen LogP contribution in [0.15, 0.2) is 212 Å². The number of aromatic nitrogens is 4. The number of benzene rings is 9. The Hall–Kier alpha value is -8.46. The largest absolute Gasteiger partial charge is 0.309 e. The Bertz CT molecular complexity index is 3330. The second-order valence-corrected chi connectivity index (χ2v) is 15.1. The lowest BCUT2D eigenvalue weighted by Crippen LogP contribution is -2.00. The van der Waals surface area contributed by atoms with Gasteiger partial charge in [0.2, 0.25) is 0 Å². The molecule has 0 amide bonds. The molecule has 5 nitrogen and oxygen atoms in total. The molecule has 0 aliphatic rings. The molecule has 0 radical (unpaired) electrons. The summed E-state index contributed by atoms with van der Waals surface area (Å²) in [6.45, 7) is 7.78. The molecular formula is C56H35N5. The SMILES string of the molecule is [C-]#[N+]c1ccc2c(c1)c1cc(-c3ccc(-c4nc(-c5ccc(-c6ccccc6)cc5)nc(-c5ccc(-c6ccccc6)cc5)n4)cc3)ccc1n2-c1cccc2ccccc12. The van der Waals surface area contributed by atoms with E-state index in [1.54, 1.807) is 0 Å². The van der Waals surface area contributed by atoms with Crippen molar-refractivity contribution in [2.75, 3.05) is 0 Å². The summed E-state index contributed by atoms with van der Waals surface area (Å²) < 4.78 is 2.33. The summed E-state index contributed by atoms with van der Waals surface area (Å²) >= 11 is 0. The maximum Gasteiger partial charge on any atom is 0.188 e. The van der Waals surface area contributed by atoms with Crippen LogP contribution in [0, 0.1) is 6.57 Å². The number of hydrogen-bond acceptors (Lipinski definition) is 3. The van der Waals surface area contributed by atoms with Crippen LogP contribution in [-0.2, 0) is 0 Å². The van der Waals surface area contributed by atoms with Gasteiger partial charge in [0.05, 0.1) is 23.3 Å². The molecule has 0 fully saturated rings. The number of hydrogen-bond donors (Lipinski definition) is 0. The lowest BCUT2D eigenvalue weighted by molar-refractivity contribution is 1.07. The Morgan fingerprint density at radius 2 is 0.738 bits per heavy atom. The van der Waals surface area contributed by atoms with Crippen molar-refractivity contribution >= 4 is 38.3 Å². The maximum absolute atomic E-state index is 7.78. The molecule has 0 saturated heterocycles. The van der Waals surface area contributed by atoms with Gasteiger partial charge in [-0.2, -0.15) is 0 Å². The summed E-state index contributed by atoms with van der Waals surface area (Å²) in [5, 5.41) is 4.51. The molecular weight excluding hydrogens is 743 g/mol. The minimum atomic E-state index is 0.603. The molecule has 0 aliphatic carbocycles. The van der Waals surface area contributed by atoms with Crippen molar-refractivity contribution in [1.29, 1.82) is 0 Å². The molecule has 0 unspecified atom stereocenters. The van der Waals surface area contributed by atoms with E-state index in [2.05, 4.69) is 197 Å². The van der Waals surface area contributed by atoms with Gasteiger partial charge in [-0.15, -0.1) is 0 Å². The van der Waals surface area contributed by atoms with E-state index in [9.17, 15) is 0 Å². The highest BCUT2D eigenvalue weighted by atomic mass is 15.0. The summed E-state index contributed by atoms with van der Waals surface area (Å²) in [6.07, 6.45) is 0. The van der Waals surface area contributed by atoms with E-state index in [-0.39, 0.29) is 0 Å². The topological polar surface area (TPSA) is 48.0 Å². The fourth-order valence-corrected chi connectivity index (χ4v) is 8.38. The van der Waals surface area contributed by atoms with Gasteiger partial charge in [0.1, 0.15) is 0 Å². The second-order valence-electron chi connectivity index (χ2n) is 15.1. The molecule has 5 heteroatoms. The predicted molar refractivity (Wildman–Crippen MR) is 251 cm³/mol. The van der Waals surface area contributed by atoms with E-state index in [0.29, 0.717) is 23.2 Å². The van der Waals surface area contributed by atoms with Crippen molar-refractivity contribution in [1.82, 2.24) is 19.5 Å². The molecule has 11 aromatic rings. The number of fused-ring (bicyclic) bond motifs is 4. The van der Waals surface area contributed by atoms with Crippen LogP contribution in [0.3, 0.4) is 0 Å². The predicted octanol–water partition coefficient (Wildman–Crippen LogP) is 14.7. The van der Waals surface area contributed by atoms with Gasteiger partial charge >= 0.3 is 0 Å². The van der Waals surface area contributed by atoms with E-state index in [4.69, 9.17) is 21.5 Å². The molecule has 0 aliphatic heterocycles. The van der Waals surface area contributed by atoms with Crippen LogP contribution in [0.25, 0.3) is 111 Å². The zero-order chi connectivity index (χ0) is 40.7. The normalized spacial score (nSPS) is 11.3. The molecule has 0 spiro atoms. The highest BCUT2D eigenvalue weighted by molar-refractivity contribution is 6.12. The fraction of sp³-hybridized carbons (Fsp3) is 0. The molecule has 0 N–H and O–H groups in total. The van der Waals surface area contributed by atoms with Gasteiger partial charge in [0.15, 0.2) is 23.2 Å². The van der Waals surface area contributed by atoms with Crippen LogP contribution >= 0.6 is 0 Å². The molecule has 0 saturated carbocycles. The first-order valence-corrected chi connectivity index (χ1v) is 20.3. The van der Waals surface area contributed by atoms with Crippen molar-refractivity contribution in [2.45, 2.75) is 0 Å². The molecule has 2 heterocycles. The first-order chi connectivity index (χ1) is 30.2. The minimum absolute atomic E-state index is 0.603. The molecule has 9 aromatic carbocycles. The fourth-order valence-electron chi connectivity index (χ4n) is 8.38. The van der Waals surface area contributed by atoms with Gasteiger partial charge in [-0.05, 0) is 74.5 Å². The van der Waals surface area contributed by atoms with Crippen molar-refractivity contribution in [3.8, 4) is 73.2 Å². The van der Waals surface area contributed by atoms with E-state index < -0.39 is 0 Å². The molecule has 0 atom stereocenters. The van der Waals surface area contributed by atoms with Crippen molar-refractivity contribution in [2.24, 2.45) is 0 Å². The maximum atomic E-state index is 7.78. The number of rotatable bonds is 7. The Kier molecular flexibility index (Phi) is 8.80. The summed E-state index contributed by atoms with van der Waals surface area (Å²) in [6, 6.07) is 73.6. The van der Waals surface area contributed by atoms with Gasteiger partial charge in [0, 0.05) is 27.5 Å². The zero-order valence-corrected chi connectivity index (χ0v) is 32.9. The minimum Gasteiger partial charge on any atom is -0.309 e. The smallest absolute Gasteiger partial charge is 0.188 e. The lowest BCUT2D eigenvalue weighted by Gasteiger charge is -2.12. The molecule has 284 valence electrons. The van der Waals surface area contributed by atoms with Gasteiger partial charge in [-0.25, -0.2) is 19.8 Å². The molecule has 2 aromatic heterocycles. The Balaban J connectivity index is 0.990. The summed E-state index contributed by atoms with van der Waals surface area (Å²) in [5.41, 5.74) is 13.4. The van der Waals surface area contributed by atoms with Crippen molar-refractivity contribution < 1.29 is 0 Å². The van der Waals surface area contributed by atoms with E-state index in [1.165, 1.54) is 10.8 Å². The van der Waals surface area contributed by atoms with Crippen LogP contribution in [0.4, 0.5) is 5.69 Å². The summed E-state index contributed by atoms with van der Waals surface area (Å²) in [7, 11) is 0. The quantitative estimate of drug-likeness (QED) is 0.151. The highest BCUT2D eigenvalue weighted by Gasteiger charge is 2.17. The summed E-state index contributed by atoms with van der Waals surface area (Å²) in [4.78, 5) is 18.9. The third-order valence-electron chi connectivity index (χ3n) is 11.5. The first-order valence-electron chi connectivity index (χ1n) is 20.3. The number of nitrogens with zero attached hydrogens (tertiary/aromatic N) is 5.